The summed E-state index contributed by atoms with van der Waals surface area (Å²) in [6.45, 7) is 2.24. The predicted molar refractivity (Wildman–Crippen MR) is 96.6 cm³/mol. The number of hydrogen-bond acceptors (Lipinski definition) is 3. The van der Waals surface area contributed by atoms with Crippen LogP contribution in [0.3, 0.4) is 0 Å². The van der Waals surface area contributed by atoms with E-state index >= 15 is 0 Å². The van der Waals surface area contributed by atoms with Gasteiger partial charge in [-0.25, -0.2) is 9.97 Å². The third-order valence-corrected chi connectivity index (χ3v) is 4.34. The number of amides is 1. The largest absolute Gasteiger partial charge is 0.326 e. The van der Waals surface area contributed by atoms with Crippen LogP contribution in [0.2, 0.25) is 0 Å². The molecule has 0 bridgehead atoms. The Morgan fingerprint density at radius 1 is 1.25 bits per heavy atom. The first-order chi connectivity index (χ1) is 11.6. The number of halogens is 1. The summed E-state index contributed by atoms with van der Waals surface area (Å²) in [5, 5.41) is 2.86. The van der Waals surface area contributed by atoms with E-state index in [0.717, 1.165) is 28.0 Å². The summed E-state index contributed by atoms with van der Waals surface area (Å²) in [5.74, 6) is 1.29. The maximum absolute atomic E-state index is 12.3. The maximum atomic E-state index is 12.3. The predicted octanol–water partition coefficient (Wildman–Crippen LogP) is 3.25. The SMILES string of the molecule is CCc1nccn1CC(=O)Nc1ncc(-c2ccc(Br)cc2)n1C. The number of anilines is 1. The van der Waals surface area contributed by atoms with Gasteiger partial charge in [0.1, 0.15) is 12.4 Å². The van der Waals surface area contributed by atoms with E-state index in [2.05, 4.69) is 31.2 Å². The van der Waals surface area contributed by atoms with Gasteiger partial charge in [-0.2, -0.15) is 0 Å². The summed E-state index contributed by atoms with van der Waals surface area (Å²) in [6, 6.07) is 7.97. The van der Waals surface area contributed by atoms with Gasteiger partial charge in [0.25, 0.3) is 0 Å². The van der Waals surface area contributed by atoms with Crippen LogP contribution in [-0.2, 0) is 24.8 Å². The Morgan fingerprint density at radius 3 is 2.71 bits per heavy atom. The third kappa shape index (κ3) is 3.41. The summed E-state index contributed by atoms with van der Waals surface area (Å²) in [6.07, 6.45) is 6.06. The number of hydrogen-bond donors (Lipinski definition) is 1. The van der Waals surface area contributed by atoms with Crippen LogP contribution in [0.5, 0.6) is 0 Å². The fourth-order valence-corrected chi connectivity index (χ4v) is 2.80. The molecule has 0 aliphatic rings. The van der Waals surface area contributed by atoms with E-state index in [0.29, 0.717) is 5.95 Å². The number of imidazole rings is 2. The fraction of sp³-hybridized carbons (Fsp3) is 0.235. The van der Waals surface area contributed by atoms with E-state index in [1.807, 2.05) is 53.6 Å². The Bertz CT molecular complexity index is 850. The molecule has 0 radical (unpaired) electrons. The molecule has 1 aromatic carbocycles. The smallest absolute Gasteiger partial charge is 0.246 e. The average Bonchev–Trinajstić information content (AvgIpc) is 3.16. The van der Waals surface area contributed by atoms with Crippen LogP contribution < -0.4 is 5.32 Å². The van der Waals surface area contributed by atoms with E-state index in [9.17, 15) is 4.79 Å². The van der Waals surface area contributed by atoms with Crippen molar-refractivity contribution in [3.8, 4) is 11.3 Å². The minimum atomic E-state index is -0.126. The molecule has 0 atom stereocenters. The Kier molecular flexibility index (Phi) is 4.80. The van der Waals surface area contributed by atoms with E-state index in [1.165, 1.54) is 0 Å². The lowest BCUT2D eigenvalue weighted by Gasteiger charge is -2.09. The molecule has 2 heterocycles. The quantitative estimate of drug-likeness (QED) is 0.730. The van der Waals surface area contributed by atoms with Crippen molar-refractivity contribution in [2.45, 2.75) is 19.9 Å². The number of nitrogens with zero attached hydrogens (tertiary/aromatic N) is 4. The van der Waals surface area contributed by atoms with Crippen molar-refractivity contribution in [1.82, 2.24) is 19.1 Å². The van der Waals surface area contributed by atoms with Crippen LogP contribution in [0.1, 0.15) is 12.7 Å². The number of aryl methyl sites for hydroxylation is 1. The second-order valence-electron chi connectivity index (χ2n) is 5.41. The molecule has 0 aliphatic carbocycles. The van der Waals surface area contributed by atoms with E-state index in [1.54, 1.807) is 12.4 Å². The highest BCUT2D eigenvalue weighted by Crippen LogP contribution is 2.23. The van der Waals surface area contributed by atoms with Gasteiger partial charge < -0.3 is 9.13 Å². The van der Waals surface area contributed by atoms with Crippen LogP contribution in [0.4, 0.5) is 5.95 Å². The summed E-state index contributed by atoms with van der Waals surface area (Å²) in [5.41, 5.74) is 1.98. The molecule has 3 rings (SSSR count). The number of aromatic nitrogens is 4. The van der Waals surface area contributed by atoms with E-state index in [-0.39, 0.29) is 12.5 Å². The zero-order chi connectivity index (χ0) is 17.1. The molecule has 7 heteroatoms. The highest BCUT2D eigenvalue weighted by Gasteiger charge is 2.12. The maximum Gasteiger partial charge on any atom is 0.246 e. The van der Waals surface area contributed by atoms with Crippen LogP contribution in [0, 0.1) is 0 Å². The second kappa shape index (κ2) is 7.00. The summed E-state index contributed by atoms with van der Waals surface area (Å²) in [4.78, 5) is 20.8. The van der Waals surface area contributed by atoms with Gasteiger partial charge in [-0.15, -0.1) is 0 Å². The number of carbonyl (C=O) groups is 1. The molecule has 0 unspecified atom stereocenters. The van der Waals surface area contributed by atoms with Gasteiger partial charge in [0.15, 0.2) is 0 Å². The number of nitrogens with one attached hydrogen (secondary N) is 1. The van der Waals surface area contributed by atoms with Crippen LogP contribution >= 0.6 is 15.9 Å². The summed E-state index contributed by atoms with van der Waals surface area (Å²) < 4.78 is 4.73. The highest BCUT2D eigenvalue weighted by atomic mass is 79.9. The van der Waals surface area contributed by atoms with Gasteiger partial charge >= 0.3 is 0 Å². The second-order valence-corrected chi connectivity index (χ2v) is 6.32. The molecular weight excluding hydrogens is 370 g/mol. The molecule has 0 aliphatic heterocycles. The lowest BCUT2D eigenvalue weighted by Crippen LogP contribution is -2.21. The van der Waals surface area contributed by atoms with E-state index < -0.39 is 0 Å². The number of benzene rings is 1. The minimum Gasteiger partial charge on any atom is -0.326 e. The monoisotopic (exact) mass is 387 g/mol. The molecule has 1 amide bonds. The fourth-order valence-electron chi connectivity index (χ4n) is 2.53. The van der Waals surface area contributed by atoms with Crippen molar-refractivity contribution in [2.24, 2.45) is 7.05 Å². The van der Waals surface area contributed by atoms with Crippen molar-refractivity contribution in [3.05, 3.63) is 53.2 Å². The Morgan fingerprint density at radius 2 is 2.00 bits per heavy atom. The zero-order valence-corrected chi connectivity index (χ0v) is 15.1. The summed E-state index contributed by atoms with van der Waals surface area (Å²) in [7, 11) is 1.88. The van der Waals surface area contributed by atoms with Gasteiger partial charge in [0.2, 0.25) is 11.9 Å². The average molecular weight is 388 g/mol. The molecule has 124 valence electrons. The first-order valence-electron chi connectivity index (χ1n) is 7.66. The van der Waals surface area contributed by atoms with Crippen LogP contribution in [-0.4, -0.2) is 25.0 Å². The normalized spacial score (nSPS) is 10.8. The molecule has 0 fully saturated rings. The number of rotatable bonds is 5. The molecule has 3 aromatic rings. The molecule has 0 spiro atoms. The van der Waals surface area contributed by atoms with Crippen molar-refractivity contribution >= 4 is 27.8 Å². The van der Waals surface area contributed by atoms with Gasteiger partial charge in [-0.3, -0.25) is 10.1 Å². The molecule has 0 saturated heterocycles. The van der Waals surface area contributed by atoms with Crippen molar-refractivity contribution in [2.75, 3.05) is 5.32 Å². The van der Waals surface area contributed by atoms with E-state index in [4.69, 9.17) is 0 Å². The molecule has 1 N–H and O–H groups in total. The zero-order valence-electron chi connectivity index (χ0n) is 13.5. The van der Waals surface area contributed by atoms with Gasteiger partial charge in [-0.1, -0.05) is 35.0 Å². The first kappa shape index (κ1) is 16.4. The lowest BCUT2D eigenvalue weighted by molar-refractivity contribution is -0.116. The van der Waals surface area contributed by atoms with Crippen molar-refractivity contribution < 1.29 is 4.79 Å². The molecule has 2 aromatic heterocycles. The Balaban J connectivity index is 1.74. The van der Waals surface area contributed by atoms with Crippen molar-refractivity contribution in [3.63, 3.8) is 0 Å². The van der Waals surface area contributed by atoms with Crippen LogP contribution in [0.25, 0.3) is 11.3 Å². The topological polar surface area (TPSA) is 64.7 Å². The number of carbonyl (C=O) groups excluding carboxylic acids is 1. The standard InChI is InChI=1S/C17H18BrN5O/c1-3-15-19-8-9-23(15)11-16(24)21-17-20-10-14(22(17)2)12-4-6-13(18)7-5-12/h4-10H,3,11H2,1-2H3,(H,20,21,24). The van der Waals surface area contributed by atoms with Gasteiger partial charge in [0.05, 0.1) is 11.9 Å². The lowest BCUT2D eigenvalue weighted by atomic mass is 10.2. The third-order valence-electron chi connectivity index (χ3n) is 3.81. The first-order valence-corrected chi connectivity index (χ1v) is 8.45. The molecular formula is C17H18BrN5O. The minimum absolute atomic E-state index is 0.126. The molecule has 0 saturated carbocycles. The molecule has 6 nitrogen and oxygen atoms in total. The summed E-state index contributed by atoms with van der Waals surface area (Å²) >= 11 is 3.43. The van der Waals surface area contributed by atoms with Gasteiger partial charge in [-0.05, 0) is 17.7 Å². The molecule has 24 heavy (non-hydrogen) atoms. The Labute approximate surface area is 148 Å². The Hall–Kier alpha value is -2.41. The van der Waals surface area contributed by atoms with Crippen LogP contribution in [0.15, 0.2) is 47.3 Å². The van der Waals surface area contributed by atoms with Gasteiger partial charge in [0, 0.05) is 30.3 Å². The van der Waals surface area contributed by atoms with Crippen molar-refractivity contribution in [1.29, 1.82) is 0 Å². The highest BCUT2D eigenvalue weighted by molar-refractivity contribution is 9.10.